The van der Waals surface area contributed by atoms with Crippen molar-refractivity contribution in [3.05, 3.63) is 88.7 Å². The van der Waals surface area contributed by atoms with Crippen molar-refractivity contribution in [3.63, 3.8) is 0 Å². The number of thioether (sulfide) groups is 1. The predicted octanol–water partition coefficient (Wildman–Crippen LogP) is 5.52. The van der Waals surface area contributed by atoms with Crippen molar-refractivity contribution in [2.24, 2.45) is 0 Å². The number of benzene rings is 2. The molecule has 1 aliphatic rings. The van der Waals surface area contributed by atoms with Gasteiger partial charge in [0.2, 0.25) is 0 Å². The molecule has 3 aromatic rings. The summed E-state index contributed by atoms with van der Waals surface area (Å²) >= 11 is 1.10. The predicted molar refractivity (Wildman–Crippen MR) is 114 cm³/mol. The van der Waals surface area contributed by atoms with Crippen LogP contribution in [0.3, 0.4) is 0 Å². The average molecular weight is 459 g/mol. The van der Waals surface area contributed by atoms with Gasteiger partial charge in [-0.1, -0.05) is 18.2 Å². The van der Waals surface area contributed by atoms with Crippen LogP contribution in [0.1, 0.15) is 16.9 Å². The summed E-state index contributed by atoms with van der Waals surface area (Å²) in [4.78, 5) is 27.4. The zero-order chi connectivity index (χ0) is 22.9. The summed E-state index contributed by atoms with van der Waals surface area (Å²) in [5.41, 5.74) is -0.514. The largest absolute Gasteiger partial charge is 0.497 e. The highest BCUT2D eigenvalue weighted by atomic mass is 32.2. The molecule has 0 saturated heterocycles. The van der Waals surface area contributed by atoms with Crippen LogP contribution in [0.15, 0.2) is 76.2 Å². The molecule has 0 saturated carbocycles. The molecule has 0 atom stereocenters. The maximum absolute atomic E-state index is 13.3. The Morgan fingerprint density at radius 3 is 2.38 bits per heavy atom. The van der Waals surface area contributed by atoms with Crippen molar-refractivity contribution in [2.45, 2.75) is 11.9 Å². The summed E-state index contributed by atoms with van der Waals surface area (Å²) in [6, 6.07) is 14.1. The molecule has 2 heterocycles. The van der Waals surface area contributed by atoms with Gasteiger partial charge in [-0.2, -0.15) is 13.2 Å². The number of methoxy groups -OCH3 is 1. The molecule has 32 heavy (non-hydrogen) atoms. The number of halogens is 3. The second-order valence-electron chi connectivity index (χ2n) is 6.79. The molecule has 0 fully saturated rings. The van der Waals surface area contributed by atoms with Gasteiger partial charge in [-0.15, -0.1) is 11.8 Å². The lowest BCUT2D eigenvalue weighted by molar-refractivity contribution is -0.137. The quantitative estimate of drug-likeness (QED) is 0.454. The summed E-state index contributed by atoms with van der Waals surface area (Å²) in [5, 5.41) is 0. The van der Waals surface area contributed by atoms with E-state index in [9.17, 15) is 22.8 Å². The van der Waals surface area contributed by atoms with Gasteiger partial charge in [-0.25, -0.2) is 4.90 Å². The topological polar surface area (TPSA) is 59.8 Å². The van der Waals surface area contributed by atoms with Gasteiger partial charge in [0.1, 0.15) is 11.5 Å². The van der Waals surface area contributed by atoms with Crippen LogP contribution in [0.2, 0.25) is 0 Å². The number of carbonyl (C=O) groups excluding carboxylic acids is 2. The molecule has 1 aromatic heterocycles. The van der Waals surface area contributed by atoms with E-state index in [4.69, 9.17) is 9.15 Å². The van der Waals surface area contributed by atoms with Gasteiger partial charge < -0.3 is 9.15 Å². The minimum absolute atomic E-state index is 0.117. The fourth-order valence-electron chi connectivity index (χ4n) is 3.25. The lowest BCUT2D eigenvalue weighted by Gasteiger charge is -2.17. The first-order valence-corrected chi connectivity index (χ1v) is 10.4. The molecule has 0 aliphatic carbocycles. The molecule has 0 radical (unpaired) electrons. The summed E-state index contributed by atoms with van der Waals surface area (Å²) in [6.45, 7) is 0. The maximum Gasteiger partial charge on any atom is 0.416 e. The Balaban J connectivity index is 1.75. The van der Waals surface area contributed by atoms with E-state index in [1.165, 1.54) is 25.5 Å². The van der Waals surface area contributed by atoms with E-state index in [-0.39, 0.29) is 21.9 Å². The first-order valence-electron chi connectivity index (χ1n) is 9.39. The zero-order valence-electron chi connectivity index (χ0n) is 16.7. The molecular weight excluding hydrogens is 443 g/mol. The highest BCUT2D eigenvalue weighted by Gasteiger charge is 2.41. The van der Waals surface area contributed by atoms with Crippen LogP contribution in [-0.2, 0) is 21.5 Å². The molecule has 0 N–H and O–H groups in total. The van der Waals surface area contributed by atoms with Crippen LogP contribution in [0.25, 0.3) is 5.57 Å². The molecule has 0 spiro atoms. The van der Waals surface area contributed by atoms with E-state index in [2.05, 4.69) is 0 Å². The highest BCUT2D eigenvalue weighted by molar-refractivity contribution is 8.03. The third-order valence-corrected chi connectivity index (χ3v) is 5.89. The SMILES string of the molecule is COc1ccc(C2=C(SCc3ccco3)C(=O)N(c3cccc(C(F)(F)F)c3)C2=O)cc1. The van der Waals surface area contributed by atoms with Crippen LogP contribution in [-0.4, -0.2) is 18.9 Å². The Morgan fingerprint density at radius 1 is 1.00 bits per heavy atom. The third-order valence-electron chi connectivity index (χ3n) is 4.79. The number of furan rings is 1. The minimum atomic E-state index is -4.61. The van der Waals surface area contributed by atoms with E-state index < -0.39 is 23.6 Å². The van der Waals surface area contributed by atoms with Crippen molar-refractivity contribution in [1.82, 2.24) is 0 Å². The van der Waals surface area contributed by atoms with Crippen molar-refractivity contribution < 1.29 is 31.9 Å². The Bertz CT molecular complexity index is 1180. The van der Waals surface area contributed by atoms with E-state index in [0.29, 0.717) is 17.1 Å². The second kappa shape index (κ2) is 8.58. The smallest absolute Gasteiger partial charge is 0.416 e. The molecule has 0 bridgehead atoms. The Hall–Kier alpha value is -3.46. The van der Waals surface area contributed by atoms with Crippen molar-refractivity contribution >= 4 is 34.8 Å². The van der Waals surface area contributed by atoms with Crippen LogP contribution in [0.4, 0.5) is 18.9 Å². The molecule has 2 aromatic carbocycles. The Labute approximate surface area is 185 Å². The van der Waals surface area contributed by atoms with Gasteiger partial charge in [0, 0.05) is 0 Å². The number of nitrogens with zero attached hydrogens (tertiary/aromatic N) is 1. The number of rotatable bonds is 6. The Morgan fingerprint density at radius 2 is 1.75 bits per heavy atom. The van der Waals surface area contributed by atoms with Gasteiger partial charge in [0.25, 0.3) is 11.8 Å². The van der Waals surface area contributed by atoms with Gasteiger partial charge in [0.15, 0.2) is 0 Å². The lowest BCUT2D eigenvalue weighted by atomic mass is 10.1. The van der Waals surface area contributed by atoms with E-state index in [1.54, 1.807) is 36.4 Å². The van der Waals surface area contributed by atoms with Crippen LogP contribution < -0.4 is 9.64 Å². The molecule has 9 heteroatoms. The highest BCUT2D eigenvalue weighted by Crippen LogP contribution is 2.41. The number of anilines is 1. The normalized spacial score (nSPS) is 14.4. The second-order valence-corrected chi connectivity index (χ2v) is 7.78. The summed E-state index contributed by atoms with van der Waals surface area (Å²) in [7, 11) is 1.50. The lowest BCUT2D eigenvalue weighted by Crippen LogP contribution is -2.31. The van der Waals surface area contributed by atoms with Gasteiger partial charge in [0.05, 0.1) is 40.9 Å². The maximum atomic E-state index is 13.3. The molecule has 164 valence electrons. The van der Waals surface area contributed by atoms with Crippen molar-refractivity contribution in [2.75, 3.05) is 12.0 Å². The molecular formula is C23H16F3NO4S. The molecule has 0 unspecified atom stereocenters. The zero-order valence-corrected chi connectivity index (χ0v) is 17.5. The third kappa shape index (κ3) is 4.16. The summed E-state index contributed by atoms with van der Waals surface area (Å²) < 4.78 is 50.0. The van der Waals surface area contributed by atoms with Crippen LogP contribution >= 0.6 is 11.8 Å². The number of alkyl halides is 3. The first kappa shape index (κ1) is 21.8. The van der Waals surface area contributed by atoms with Gasteiger partial charge in [-0.05, 0) is 48.0 Å². The number of hydrogen-bond acceptors (Lipinski definition) is 5. The van der Waals surface area contributed by atoms with Crippen molar-refractivity contribution in [1.29, 1.82) is 0 Å². The van der Waals surface area contributed by atoms with Gasteiger partial charge in [-0.3, -0.25) is 9.59 Å². The van der Waals surface area contributed by atoms with E-state index in [0.717, 1.165) is 28.8 Å². The van der Waals surface area contributed by atoms with E-state index in [1.807, 2.05) is 0 Å². The number of hydrogen-bond donors (Lipinski definition) is 0. The standard InChI is InChI=1S/C23H16F3NO4S/c1-30-17-9-7-14(8-10-17)19-20(32-13-18-6-3-11-31-18)22(29)27(21(19)28)16-5-2-4-15(12-16)23(24,25)26/h2-12H,13H2,1H3. The molecule has 1 aliphatic heterocycles. The number of carbonyl (C=O) groups is 2. The minimum Gasteiger partial charge on any atom is -0.497 e. The first-order chi connectivity index (χ1) is 15.3. The van der Waals surface area contributed by atoms with Crippen LogP contribution in [0, 0.1) is 0 Å². The number of ether oxygens (including phenoxy) is 1. The van der Waals surface area contributed by atoms with E-state index >= 15 is 0 Å². The fourth-order valence-corrected chi connectivity index (χ4v) is 4.26. The molecule has 4 rings (SSSR count). The Kier molecular flexibility index (Phi) is 5.84. The average Bonchev–Trinajstić information content (AvgIpc) is 3.38. The van der Waals surface area contributed by atoms with Crippen molar-refractivity contribution in [3.8, 4) is 5.75 Å². The molecule has 5 nitrogen and oxygen atoms in total. The molecule has 2 amide bonds. The fraction of sp³-hybridized carbons (Fsp3) is 0.130. The number of imide groups is 1. The number of amides is 2. The summed E-state index contributed by atoms with van der Waals surface area (Å²) in [5.74, 6) is 0.0513. The monoisotopic (exact) mass is 459 g/mol. The van der Waals surface area contributed by atoms with Crippen LogP contribution in [0.5, 0.6) is 5.75 Å². The van der Waals surface area contributed by atoms with Gasteiger partial charge >= 0.3 is 6.18 Å². The summed E-state index contributed by atoms with van der Waals surface area (Å²) in [6.07, 6.45) is -3.11.